The Balaban J connectivity index is 2.33. The Bertz CT molecular complexity index is 373. The fourth-order valence-corrected chi connectivity index (χ4v) is 2.02. The van der Waals surface area contributed by atoms with Gasteiger partial charge in [0, 0.05) is 12.2 Å². The fraction of sp³-hybridized carbons (Fsp3) is 0.562. The number of nitrogens with two attached hydrogens (primary N) is 1. The van der Waals surface area contributed by atoms with Crippen LogP contribution >= 0.6 is 0 Å². The van der Waals surface area contributed by atoms with Gasteiger partial charge >= 0.3 is 0 Å². The third-order valence-electron chi connectivity index (χ3n) is 3.43. The maximum atomic E-state index is 7.34. The monoisotopic (exact) mass is 262 g/mol. The van der Waals surface area contributed by atoms with Crippen molar-refractivity contribution in [3.8, 4) is 0 Å². The van der Waals surface area contributed by atoms with Crippen LogP contribution in [0.15, 0.2) is 24.3 Å². The lowest BCUT2D eigenvalue weighted by molar-refractivity contribution is 0.0820. The van der Waals surface area contributed by atoms with E-state index in [0.29, 0.717) is 12.5 Å². The van der Waals surface area contributed by atoms with Crippen LogP contribution in [0.3, 0.4) is 0 Å². The minimum Gasteiger partial charge on any atom is -0.384 e. The molecule has 1 aromatic rings. The second kappa shape index (κ2) is 8.70. The highest BCUT2D eigenvalue weighted by molar-refractivity contribution is 5.94. The van der Waals surface area contributed by atoms with E-state index in [0.717, 1.165) is 17.7 Å². The number of rotatable bonds is 9. The third-order valence-corrected chi connectivity index (χ3v) is 3.43. The Kier molecular flexibility index (Phi) is 7.19. The van der Waals surface area contributed by atoms with Gasteiger partial charge in [0.05, 0.1) is 6.61 Å². The predicted molar refractivity (Wildman–Crippen MR) is 80.4 cm³/mol. The highest BCUT2D eigenvalue weighted by Crippen LogP contribution is 2.14. The number of nitrogens with one attached hydrogen (secondary N) is 1. The molecule has 106 valence electrons. The lowest BCUT2D eigenvalue weighted by Crippen LogP contribution is -2.11. The smallest absolute Gasteiger partial charge is 0.122 e. The zero-order chi connectivity index (χ0) is 14.1. The van der Waals surface area contributed by atoms with Crippen LogP contribution in [0.1, 0.15) is 50.7 Å². The molecule has 3 N–H and O–H groups in total. The first-order chi connectivity index (χ1) is 9.17. The molecule has 1 unspecified atom stereocenters. The standard InChI is InChI=1S/C16H26N2O/c1-3-5-6-13(4-2)11-19-12-14-7-9-15(10-8-14)16(17)18/h7-10,13H,3-6,11-12H2,1-2H3,(H3,17,18). The molecule has 1 rings (SSSR count). The van der Waals surface area contributed by atoms with Crippen molar-refractivity contribution < 1.29 is 4.74 Å². The molecular formula is C16H26N2O. The van der Waals surface area contributed by atoms with Gasteiger partial charge in [-0.15, -0.1) is 0 Å². The summed E-state index contributed by atoms with van der Waals surface area (Å²) >= 11 is 0. The van der Waals surface area contributed by atoms with Gasteiger partial charge in [-0.3, -0.25) is 5.41 Å². The average Bonchev–Trinajstić information content (AvgIpc) is 2.43. The van der Waals surface area contributed by atoms with Gasteiger partial charge in [0.2, 0.25) is 0 Å². The molecule has 0 heterocycles. The van der Waals surface area contributed by atoms with E-state index in [-0.39, 0.29) is 5.84 Å². The first kappa shape index (κ1) is 15.7. The highest BCUT2D eigenvalue weighted by atomic mass is 16.5. The predicted octanol–water partition coefficient (Wildman–Crippen LogP) is 3.70. The number of unbranched alkanes of at least 4 members (excludes halogenated alkanes) is 1. The van der Waals surface area contributed by atoms with E-state index in [1.165, 1.54) is 25.7 Å². The fourth-order valence-electron chi connectivity index (χ4n) is 2.02. The molecule has 0 aliphatic heterocycles. The van der Waals surface area contributed by atoms with E-state index < -0.39 is 0 Å². The second-order valence-corrected chi connectivity index (χ2v) is 5.04. The molecule has 0 spiro atoms. The van der Waals surface area contributed by atoms with Gasteiger partial charge in [-0.25, -0.2) is 0 Å². The van der Waals surface area contributed by atoms with E-state index in [1.54, 1.807) is 0 Å². The van der Waals surface area contributed by atoms with Crippen molar-refractivity contribution in [2.75, 3.05) is 6.61 Å². The van der Waals surface area contributed by atoms with Gasteiger partial charge in [-0.2, -0.15) is 0 Å². The number of amidine groups is 1. The SMILES string of the molecule is CCCCC(CC)COCc1ccc(C(=N)N)cc1. The molecule has 0 fully saturated rings. The molecule has 0 radical (unpaired) electrons. The molecule has 19 heavy (non-hydrogen) atoms. The van der Waals surface area contributed by atoms with E-state index in [9.17, 15) is 0 Å². The Labute approximate surface area is 116 Å². The highest BCUT2D eigenvalue weighted by Gasteiger charge is 2.06. The lowest BCUT2D eigenvalue weighted by Gasteiger charge is -2.14. The van der Waals surface area contributed by atoms with E-state index >= 15 is 0 Å². The largest absolute Gasteiger partial charge is 0.384 e. The summed E-state index contributed by atoms with van der Waals surface area (Å²) in [5, 5.41) is 7.34. The lowest BCUT2D eigenvalue weighted by atomic mass is 10.0. The molecule has 0 saturated heterocycles. The van der Waals surface area contributed by atoms with Gasteiger partial charge in [0.15, 0.2) is 0 Å². The Morgan fingerprint density at radius 1 is 1.26 bits per heavy atom. The van der Waals surface area contributed by atoms with Gasteiger partial charge in [-0.05, 0) is 17.9 Å². The second-order valence-electron chi connectivity index (χ2n) is 5.04. The first-order valence-electron chi connectivity index (χ1n) is 7.18. The van der Waals surface area contributed by atoms with Crippen molar-refractivity contribution in [2.24, 2.45) is 11.7 Å². The van der Waals surface area contributed by atoms with Crippen LogP contribution in [-0.2, 0) is 11.3 Å². The molecule has 0 aromatic heterocycles. The molecule has 0 aliphatic carbocycles. The molecule has 0 bridgehead atoms. The van der Waals surface area contributed by atoms with E-state index in [1.807, 2.05) is 24.3 Å². The number of hydrogen-bond acceptors (Lipinski definition) is 2. The average molecular weight is 262 g/mol. The Hall–Kier alpha value is -1.35. The quantitative estimate of drug-likeness (QED) is 0.526. The molecule has 0 saturated carbocycles. The molecule has 1 atom stereocenters. The molecule has 3 nitrogen and oxygen atoms in total. The minimum absolute atomic E-state index is 0.109. The molecule has 0 aliphatic rings. The van der Waals surface area contributed by atoms with Crippen molar-refractivity contribution in [3.63, 3.8) is 0 Å². The topological polar surface area (TPSA) is 59.1 Å². The zero-order valence-corrected chi connectivity index (χ0v) is 12.1. The summed E-state index contributed by atoms with van der Waals surface area (Å²) in [5.74, 6) is 0.787. The number of benzene rings is 1. The summed E-state index contributed by atoms with van der Waals surface area (Å²) in [4.78, 5) is 0. The molecular weight excluding hydrogens is 236 g/mol. The molecule has 0 amide bonds. The number of hydrogen-bond donors (Lipinski definition) is 2. The van der Waals surface area contributed by atoms with Gasteiger partial charge in [-0.1, -0.05) is 57.4 Å². The van der Waals surface area contributed by atoms with Crippen molar-refractivity contribution in [2.45, 2.75) is 46.1 Å². The van der Waals surface area contributed by atoms with Crippen LogP contribution in [0.25, 0.3) is 0 Å². The van der Waals surface area contributed by atoms with E-state index in [2.05, 4.69) is 13.8 Å². The van der Waals surface area contributed by atoms with Crippen LogP contribution in [0.5, 0.6) is 0 Å². The normalized spacial score (nSPS) is 12.3. The van der Waals surface area contributed by atoms with Gasteiger partial charge in [0.25, 0.3) is 0 Å². The molecule has 3 heteroatoms. The van der Waals surface area contributed by atoms with Gasteiger partial charge in [0.1, 0.15) is 5.84 Å². The zero-order valence-electron chi connectivity index (χ0n) is 12.1. The van der Waals surface area contributed by atoms with Crippen LogP contribution in [0, 0.1) is 11.3 Å². The van der Waals surface area contributed by atoms with Crippen molar-refractivity contribution >= 4 is 5.84 Å². The van der Waals surface area contributed by atoms with Crippen molar-refractivity contribution in [1.82, 2.24) is 0 Å². The van der Waals surface area contributed by atoms with E-state index in [4.69, 9.17) is 15.9 Å². The molecule has 1 aromatic carbocycles. The summed E-state index contributed by atoms with van der Waals surface area (Å²) in [6, 6.07) is 7.69. The van der Waals surface area contributed by atoms with Crippen LogP contribution < -0.4 is 5.73 Å². The Morgan fingerprint density at radius 3 is 2.47 bits per heavy atom. The third kappa shape index (κ3) is 5.88. The summed E-state index contributed by atoms with van der Waals surface area (Å²) in [6.07, 6.45) is 4.98. The number of nitrogen functional groups attached to an aromatic ring is 1. The number of ether oxygens (including phenoxy) is 1. The van der Waals surface area contributed by atoms with Crippen LogP contribution in [0.2, 0.25) is 0 Å². The summed E-state index contributed by atoms with van der Waals surface area (Å²) in [7, 11) is 0. The van der Waals surface area contributed by atoms with Gasteiger partial charge < -0.3 is 10.5 Å². The van der Waals surface area contributed by atoms with Crippen molar-refractivity contribution in [3.05, 3.63) is 35.4 Å². The summed E-state index contributed by atoms with van der Waals surface area (Å²) in [6.45, 7) is 5.93. The maximum Gasteiger partial charge on any atom is 0.122 e. The van der Waals surface area contributed by atoms with Crippen LogP contribution in [0.4, 0.5) is 0 Å². The maximum absolute atomic E-state index is 7.34. The first-order valence-corrected chi connectivity index (χ1v) is 7.18. The van der Waals surface area contributed by atoms with Crippen LogP contribution in [-0.4, -0.2) is 12.4 Å². The Morgan fingerprint density at radius 2 is 1.95 bits per heavy atom. The van der Waals surface area contributed by atoms with Crippen molar-refractivity contribution in [1.29, 1.82) is 5.41 Å². The summed E-state index contributed by atoms with van der Waals surface area (Å²) in [5.41, 5.74) is 7.32. The minimum atomic E-state index is 0.109. The summed E-state index contributed by atoms with van der Waals surface area (Å²) < 4.78 is 5.79.